The van der Waals surface area contributed by atoms with Crippen molar-refractivity contribution in [2.75, 3.05) is 36.4 Å². The fourth-order valence-corrected chi connectivity index (χ4v) is 4.49. The lowest BCUT2D eigenvalue weighted by Gasteiger charge is -2.20. The molecule has 28 heavy (non-hydrogen) atoms. The third kappa shape index (κ3) is 3.12. The normalized spacial score (nSPS) is 16.5. The van der Waals surface area contributed by atoms with Gasteiger partial charge in [-0.2, -0.15) is 0 Å². The summed E-state index contributed by atoms with van der Waals surface area (Å²) >= 11 is 0. The van der Waals surface area contributed by atoms with Gasteiger partial charge in [-0.15, -0.1) is 0 Å². The molecule has 0 saturated carbocycles. The van der Waals surface area contributed by atoms with Crippen molar-refractivity contribution in [1.82, 2.24) is 4.98 Å². The summed E-state index contributed by atoms with van der Waals surface area (Å²) in [5, 5.41) is 4.29. The van der Waals surface area contributed by atoms with Crippen LogP contribution in [0.4, 0.5) is 17.2 Å². The number of carbonyl (C=O) groups excluding carboxylic acids is 1. The molecule has 0 bridgehead atoms. The summed E-state index contributed by atoms with van der Waals surface area (Å²) < 4.78 is 0. The predicted octanol–water partition coefficient (Wildman–Crippen LogP) is 2.55. The summed E-state index contributed by atoms with van der Waals surface area (Å²) in [7, 11) is 0. The third-order valence-electron chi connectivity index (χ3n) is 5.87. The number of quaternary nitrogens is 1. The number of aromatic nitrogens is 1. The average molecular weight is 373 g/mol. The highest BCUT2D eigenvalue weighted by atomic mass is 16.2. The van der Waals surface area contributed by atoms with E-state index in [0.717, 1.165) is 59.7 Å². The van der Waals surface area contributed by atoms with Crippen LogP contribution in [0, 0.1) is 0 Å². The minimum absolute atomic E-state index is 0.105. The first-order chi connectivity index (χ1) is 13.8. The van der Waals surface area contributed by atoms with Crippen LogP contribution in [0.3, 0.4) is 0 Å². The van der Waals surface area contributed by atoms with Crippen molar-refractivity contribution in [3.8, 4) is 0 Å². The number of likely N-dealkylation sites (tertiary alicyclic amines) is 1. The Hall–Kier alpha value is -2.92. The van der Waals surface area contributed by atoms with E-state index in [2.05, 4.69) is 40.5 Å². The summed E-state index contributed by atoms with van der Waals surface area (Å²) in [5.74, 6) is 1.07. The van der Waals surface area contributed by atoms with Crippen LogP contribution in [0.1, 0.15) is 18.4 Å². The fraction of sp³-hybridized carbons (Fsp3) is 0.304. The lowest BCUT2D eigenvalue weighted by Crippen LogP contribution is -3.11. The zero-order valence-corrected chi connectivity index (χ0v) is 15.9. The summed E-state index contributed by atoms with van der Waals surface area (Å²) in [4.78, 5) is 21.4. The van der Waals surface area contributed by atoms with Gasteiger partial charge in [0.05, 0.1) is 24.3 Å². The monoisotopic (exact) mass is 373 g/mol. The second kappa shape index (κ2) is 7.24. The van der Waals surface area contributed by atoms with Gasteiger partial charge in [0.1, 0.15) is 5.82 Å². The molecule has 1 fully saturated rings. The molecule has 2 aromatic carbocycles. The smallest absolute Gasteiger partial charge is 0.279 e. The predicted molar refractivity (Wildman–Crippen MR) is 112 cm³/mol. The molecular formula is C23H25N4O+. The standard InChI is InChI=1S/C23H24N4O/c28-21(16-26-13-6-7-14-26)25-22-18-10-4-5-11-20(18)24-23-19(22)12-15-27(23)17-8-2-1-3-9-17/h1-5,8-11H,6-7,12-16H2,(H,24,25,28)/p+1. The van der Waals surface area contributed by atoms with E-state index < -0.39 is 0 Å². The molecule has 2 aliphatic heterocycles. The van der Waals surface area contributed by atoms with Crippen LogP contribution in [0.15, 0.2) is 54.6 Å². The Kier molecular flexibility index (Phi) is 4.45. The van der Waals surface area contributed by atoms with Crippen molar-refractivity contribution in [3.05, 3.63) is 60.2 Å². The van der Waals surface area contributed by atoms with Gasteiger partial charge >= 0.3 is 0 Å². The molecule has 142 valence electrons. The minimum atomic E-state index is 0.105. The molecule has 3 heterocycles. The molecule has 5 rings (SSSR count). The van der Waals surface area contributed by atoms with Crippen molar-refractivity contribution < 1.29 is 9.69 Å². The van der Waals surface area contributed by atoms with Crippen LogP contribution in [0.25, 0.3) is 10.9 Å². The van der Waals surface area contributed by atoms with Crippen LogP contribution in [0.5, 0.6) is 0 Å². The number of fused-ring (bicyclic) bond motifs is 2. The maximum Gasteiger partial charge on any atom is 0.279 e. The molecule has 2 aliphatic rings. The first-order valence-electron chi connectivity index (χ1n) is 10.2. The highest BCUT2D eigenvalue weighted by Crippen LogP contribution is 2.40. The van der Waals surface area contributed by atoms with Crippen LogP contribution >= 0.6 is 0 Å². The molecule has 0 aliphatic carbocycles. The van der Waals surface area contributed by atoms with Gasteiger partial charge in [-0.3, -0.25) is 4.79 Å². The molecule has 0 atom stereocenters. The Labute approximate surface area is 165 Å². The van der Waals surface area contributed by atoms with Gasteiger partial charge in [-0.1, -0.05) is 36.4 Å². The molecule has 3 aromatic rings. The van der Waals surface area contributed by atoms with Crippen LogP contribution in [-0.4, -0.2) is 37.1 Å². The number of hydrogen-bond acceptors (Lipinski definition) is 3. The fourth-order valence-electron chi connectivity index (χ4n) is 4.49. The van der Waals surface area contributed by atoms with Crippen molar-refractivity contribution in [1.29, 1.82) is 0 Å². The third-order valence-corrected chi connectivity index (χ3v) is 5.87. The Morgan fingerprint density at radius 3 is 2.61 bits per heavy atom. The van der Waals surface area contributed by atoms with Gasteiger partial charge < -0.3 is 15.1 Å². The van der Waals surface area contributed by atoms with Crippen molar-refractivity contribution >= 4 is 34.0 Å². The lowest BCUT2D eigenvalue weighted by atomic mass is 10.1. The number of carbonyl (C=O) groups is 1. The Morgan fingerprint density at radius 1 is 1.04 bits per heavy atom. The van der Waals surface area contributed by atoms with Crippen LogP contribution in [0.2, 0.25) is 0 Å². The van der Waals surface area contributed by atoms with Gasteiger partial charge in [-0.05, 0) is 24.6 Å². The van der Waals surface area contributed by atoms with Gasteiger partial charge in [0.2, 0.25) is 0 Å². The number of hydrogen-bond donors (Lipinski definition) is 2. The Bertz CT molecular complexity index is 1010. The zero-order valence-electron chi connectivity index (χ0n) is 15.9. The molecule has 0 spiro atoms. The van der Waals surface area contributed by atoms with E-state index in [-0.39, 0.29) is 5.91 Å². The van der Waals surface area contributed by atoms with E-state index in [4.69, 9.17) is 4.98 Å². The van der Waals surface area contributed by atoms with E-state index >= 15 is 0 Å². The van der Waals surface area contributed by atoms with E-state index in [1.807, 2.05) is 24.3 Å². The van der Waals surface area contributed by atoms with Gasteiger partial charge in [0, 0.05) is 36.0 Å². The summed E-state index contributed by atoms with van der Waals surface area (Å²) in [5.41, 5.74) is 4.16. The molecule has 5 nitrogen and oxygen atoms in total. The lowest BCUT2D eigenvalue weighted by molar-refractivity contribution is -0.878. The van der Waals surface area contributed by atoms with Gasteiger partial charge in [0.15, 0.2) is 6.54 Å². The number of nitrogens with zero attached hydrogens (tertiary/aromatic N) is 2. The molecule has 5 heteroatoms. The zero-order chi connectivity index (χ0) is 18.9. The minimum Gasteiger partial charge on any atom is -0.327 e. The Morgan fingerprint density at radius 2 is 1.79 bits per heavy atom. The number of anilines is 3. The molecule has 1 saturated heterocycles. The number of pyridine rings is 1. The largest absolute Gasteiger partial charge is 0.327 e. The number of benzene rings is 2. The second-order valence-corrected chi connectivity index (χ2v) is 7.73. The van der Waals surface area contributed by atoms with Crippen molar-refractivity contribution in [2.24, 2.45) is 0 Å². The molecule has 1 amide bonds. The van der Waals surface area contributed by atoms with E-state index in [1.165, 1.54) is 17.7 Å². The first-order valence-corrected chi connectivity index (χ1v) is 10.2. The van der Waals surface area contributed by atoms with Gasteiger partial charge in [-0.25, -0.2) is 4.98 Å². The average Bonchev–Trinajstić information content (AvgIpc) is 3.38. The molecular weight excluding hydrogens is 348 g/mol. The van der Waals surface area contributed by atoms with E-state index in [0.29, 0.717) is 6.54 Å². The molecule has 2 N–H and O–H groups in total. The van der Waals surface area contributed by atoms with Crippen molar-refractivity contribution in [3.63, 3.8) is 0 Å². The molecule has 1 aromatic heterocycles. The second-order valence-electron chi connectivity index (χ2n) is 7.73. The number of nitrogens with one attached hydrogen (secondary N) is 2. The van der Waals surface area contributed by atoms with Gasteiger partial charge in [0.25, 0.3) is 5.91 Å². The summed E-state index contributed by atoms with van der Waals surface area (Å²) in [6.45, 7) is 3.63. The molecule has 0 unspecified atom stereocenters. The number of amides is 1. The van der Waals surface area contributed by atoms with Crippen LogP contribution in [-0.2, 0) is 11.2 Å². The molecule has 0 radical (unpaired) electrons. The van der Waals surface area contributed by atoms with Crippen LogP contribution < -0.4 is 15.1 Å². The quantitative estimate of drug-likeness (QED) is 0.739. The first kappa shape index (κ1) is 17.2. The topological polar surface area (TPSA) is 49.7 Å². The maximum atomic E-state index is 12.8. The maximum absolute atomic E-state index is 12.8. The number of rotatable bonds is 4. The van der Waals surface area contributed by atoms with E-state index in [1.54, 1.807) is 0 Å². The summed E-state index contributed by atoms with van der Waals surface area (Å²) in [6, 6.07) is 18.5. The number of para-hydroxylation sites is 2. The summed E-state index contributed by atoms with van der Waals surface area (Å²) in [6.07, 6.45) is 3.33. The van der Waals surface area contributed by atoms with E-state index in [9.17, 15) is 4.79 Å². The highest BCUT2D eigenvalue weighted by Gasteiger charge is 2.28. The highest BCUT2D eigenvalue weighted by molar-refractivity contribution is 6.04. The van der Waals surface area contributed by atoms with Crippen molar-refractivity contribution in [2.45, 2.75) is 19.3 Å². The SMILES string of the molecule is O=C(C[NH+]1CCCC1)Nc1c2c(nc3ccccc13)N(c1ccccc1)CC2. The Balaban J connectivity index is 1.54.